The second kappa shape index (κ2) is 15.2. The van der Waals surface area contributed by atoms with Gasteiger partial charge in [-0.25, -0.2) is 9.47 Å². The minimum Gasteiger partial charge on any atom is -0.457 e. The molecule has 11 rings (SSSR count). The molecule has 67 heavy (non-hydrogen) atoms. The van der Waals surface area contributed by atoms with Crippen molar-refractivity contribution >= 4 is 50.6 Å². The summed E-state index contributed by atoms with van der Waals surface area (Å²) in [7, 11) is 1.33. The van der Waals surface area contributed by atoms with E-state index in [0.29, 0.717) is 28.6 Å². The molecule has 1 atom stereocenters. The summed E-state index contributed by atoms with van der Waals surface area (Å²) < 4.78 is 19.9. The predicted molar refractivity (Wildman–Crippen MR) is 247 cm³/mol. The highest BCUT2D eigenvalue weighted by Crippen LogP contribution is 2.39. The molecule has 14 heteroatoms. The van der Waals surface area contributed by atoms with Crippen molar-refractivity contribution in [3.8, 4) is 40.2 Å². The number of Topliss-reactive ketones (excluding diaryl/α,β-unsaturated/α-hetero) is 2. The molecule has 7 aromatic carbocycles. The normalized spacial score (nSPS) is 14.3. The number of ether oxygens (including phenoxy) is 3. The molecule has 2 amide bonds. The maximum Gasteiger partial charge on any atom is 0.266 e. The van der Waals surface area contributed by atoms with Crippen LogP contribution in [0, 0.1) is 6.92 Å². The zero-order valence-electron chi connectivity index (χ0n) is 35.3. The highest BCUT2D eigenvalue weighted by molar-refractivity contribution is 6.34. The summed E-state index contributed by atoms with van der Waals surface area (Å²) in [5, 5.41) is 0.190. The maximum absolute atomic E-state index is 13.7. The van der Waals surface area contributed by atoms with Crippen molar-refractivity contribution in [2.75, 3.05) is 4.90 Å². The number of aryl methyl sites for hydroxylation is 1. The van der Waals surface area contributed by atoms with Gasteiger partial charge in [0.05, 0.1) is 44.0 Å². The largest absolute Gasteiger partial charge is 0.457 e. The number of amides is 2. The molecule has 1 aliphatic heterocycles. The van der Waals surface area contributed by atoms with Crippen molar-refractivity contribution in [3.63, 3.8) is 0 Å². The van der Waals surface area contributed by atoms with E-state index in [-0.39, 0.29) is 78.2 Å². The third kappa shape index (κ3) is 6.57. The molecule has 324 valence electrons. The number of carbonyl (C=O) groups is 4. The first-order valence-electron chi connectivity index (χ1n) is 20.9. The summed E-state index contributed by atoms with van der Waals surface area (Å²) in [5.74, 6) is -0.380. The minimum atomic E-state index is -1.02. The van der Waals surface area contributed by atoms with E-state index >= 15 is 0 Å². The topological polar surface area (TPSA) is 177 Å². The van der Waals surface area contributed by atoms with Crippen LogP contribution in [-0.2, 0) is 7.05 Å². The minimum absolute atomic E-state index is 0.0272. The number of imide groups is 1. The van der Waals surface area contributed by atoms with Gasteiger partial charge in [0.15, 0.2) is 11.6 Å². The molecule has 1 aliphatic carbocycles. The number of benzene rings is 7. The smallest absolute Gasteiger partial charge is 0.266 e. The molecule has 2 aromatic heterocycles. The van der Waals surface area contributed by atoms with E-state index in [1.807, 2.05) is 31.2 Å². The van der Waals surface area contributed by atoms with Crippen molar-refractivity contribution in [3.05, 3.63) is 220 Å². The van der Waals surface area contributed by atoms with Gasteiger partial charge in [0, 0.05) is 18.2 Å². The Kier molecular flexibility index (Phi) is 9.16. The van der Waals surface area contributed by atoms with Gasteiger partial charge >= 0.3 is 0 Å². The lowest BCUT2D eigenvalue weighted by atomic mass is 9.94. The van der Waals surface area contributed by atoms with Gasteiger partial charge in [0.2, 0.25) is 0 Å². The predicted octanol–water partition coefficient (Wildman–Crippen LogP) is 8.09. The second-order valence-electron chi connectivity index (χ2n) is 16.3. The molecule has 0 fully saturated rings. The number of hydrogen-bond acceptors (Lipinski definition) is 11. The van der Waals surface area contributed by atoms with E-state index in [1.165, 1.54) is 49.5 Å². The SMILES string of the molecule is Cc1ccc(Oc2ccc(C3C(=O)c4ccc(Oc5ccc6c(c5)C(=O)N(c5ccc(Oc7ccc(-n8c(=O)c9cc%10c(=O)n(C)c(=O)c%10cc9c8=O)cc7)cc5)C6=O)cc4C3=O)cc2)cc1. The Bertz CT molecular complexity index is 3760. The molecule has 3 heterocycles. The fourth-order valence-electron chi connectivity index (χ4n) is 8.65. The Balaban J connectivity index is 0.758. The van der Waals surface area contributed by atoms with Crippen molar-refractivity contribution in [1.29, 1.82) is 0 Å². The van der Waals surface area contributed by atoms with Gasteiger partial charge in [-0.2, -0.15) is 0 Å². The van der Waals surface area contributed by atoms with Crippen LogP contribution < -0.4 is 41.3 Å². The van der Waals surface area contributed by atoms with E-state index < -0.39 is 40.0 Å². The van der Waals surface area contributed by atoms with Crippen LogP contribution in [0.1, 0.15) is 58.5 Å². The van der Waals surface area contributed by atoms with Crippen LogP contribution in [0.15, 0.2) is 165 Å². The van der Waals surface area contributed by atoms with Crippen LogP contribution in [0.4, 0.5) is 5.69 Å². The number of carbonyl (C=O) groups excluding carboxylic acids is 4. The average Bonchev–Trinajstić information content (AvgIpc) is 3.92. The van der Waals surface area contributed by atoms with Gasteiger partial charge in [0.1, 0.15) is 40.4 Å². The second-order valence-corrected chi connectivity index (χ2v) is 16.3. The maximum atomic E-state index is 13.7. The Morgan fingerprint density at radius 3 is 1.34 bits per heavy atom. The zero-order valence-corrected chi connectivity index (χ0v) is 35.3. The van der Waals surface area contributed by atoms with Crippen LogP contribution in [0.25, 0.3) is 27.2 Å². The lowest BCUT2D eigenvalue weighted by Crippen LogP contribution is -2.29. The molecular formula is C53H31N3O11. The fourth-order valence-corrected chi connectivity index (χ4v) is 8.65. The molecular weight excluding hydrogens is 855 g/mol. The van der Waals surface area contributed by atoms with E-state index in [2.05, 4.69) is 0 Å². The summed E-state index contributed by atoms with van der Waals surface area (Å²) in [6, 6.07) is 38.5. The number of nitrogens with zero attached hydrogens (tertiary/aromatic N) is 3. The highest BCUT2D eigenvalue weighted by Gasteiger charge is 2.40. The van der Waals surface area contributed by atoms with Crippen molar-refractivity contribution in [2.45, 2.75) is 12.8 Å². The Morgan fingerprint density at radius 2 is 0.791 bits per heavy atom. The van der Waals surface area contributed by atoms with E-state index in [1.54, 1.807) is 78.9 Å². The number of anilines is 1. The molecule has 0 radical (unpaired) electrons. The van der Waals surface area contributed by atoms with Crippen LogP contribution in [0.2, 0.25) is 0 Å². The lowest BCUT2D eigenvalue weighted by molar-refractivity contribution is 0.0884. The molecule has 9 aromatic rings. The Hall–Kier alpha value is -9.30. The first-order valence-corrected chi connectivity index (χ1v) is 20.9. The molecule has 14 nitrogen and oxygen atoms in total. The van der Waals surface area contributed by atoms with E-state index in [4.69, 9.17) is 14.2 Å². The van der Waals surface area contributed by atoms with Crippen LogP contribution in [0.3, 0.4) is 0 Å². The van der Waals surface area contributed by atoms with E-state index in [9.17, 15) is 38.4 Å². The molecule has 0 bridgehead atoms. The third-order valence-electron chi connectivity index (χ3n) is 12.1. The lowest BCUT2D eigenvalue weighted by Gasteiger charge is -2.14. The van der Waals surface area contributed by atoms with Gasteiger partial charge in [-0.15, -0.1) is 0 Å². The molecule has 2 aliphatic rings. The van der Waals surface area contributed by atoms with Crippen LogP contribution in [-0.4, -0.2) is 32.5 Å². The number of rotatable bonds is 9. The molecule has 0 spiro atoms. The first-order chi connectivity index (χ1) is 32.3. The number of aromatic nitrogens is 2. The van der Waals surface area contributed by atoms with E-state index in [0.717, 1.165) is 19.6 Å². The molecule has 1 unspecified atom stereocenters. The summed E-state index contributed by atoms with van der Waals surface area (Å²) in [4.78, 5) is 107. The van der Waals surface area contributed by atoms with Gasteiger partial charge in [-0.05, 0) is 134 Å². The number of hydrogen-bond donors (Lipinski definition) is 0. The monoisotopic (exact) mass is 885 g/mol. The number of fused-ring (bicyclic) bond motifs is 4. The molecule has 0 N–H and O–H groups in total. The van der Waals surface area contributed by atoms with Crippen molar-refractivity contribution in [1.82, 2.24) is 9.13 Å². The van der Waals surface area contributed by atoms with Crippen molar-refractivity contribution < 1.29 is 33.4 Å². The molecule has 0 saturated carbocycles. The summed E-state index contributed by atoms with van der Waals surface area (Å²) in [6.45, 7) is 1.98. The van der Waals surface area contributed by atoms with Crippen LogP contribution >= 0.6 is 0 Å². The average molecular weight is 886 g/mol. The summed E-state index contributed by atoms with van der Waals surface area (Å²) in [6.07, 6.45) is 0. The van der Waals surface area contributed by atoms with Gasteiger partial charge in [0.25, 0.3) is 34.1 Å². The number of ketones is 2. The Morgan fingerprint density at radius 1 is 0.388 bits per heavy atom. The van der Waals surface area contributed by atoms with Gasteiger partial charge < -0.3 is 14.2 Å². The summed E-state index contributed by atoms with van der Waals surface area (Å²) in [5.41, 5.74) is 0.588. The third-order valence-corrected chi connectivity index (χ3v) is 12.1. The molecule has 0 saturated heterocycles. The first kappa shape index (κ1) is 40.5. The quantitative estimate of drug-likeness (QED) is 0.101. The van der Waals surface area contributed by atoms with Crippen molar-refractivity contribution in [2.24, 2.45) is 7.05 Å². The van der Waals surface area contributed by atoms with Crippen LogP contribution in [0.5, 0.6) is 34.5 Å². The highest BCUT2D eigenvalue weighted by atomic mass is 16.5. The summed E-state index contributed by atoms with van der Waals surface area (Å²) >= 11 is 0. The Labute approximate surface area is 377 Å². The standard InChI is InChI=1S/C53H31N3O11/c1-27-3-11-31(12-4-27)65-32-13-5-28(6-14-32)45-46(57)37-21-19-35(23-39(37)47(45)58)67-36-20-22-38-40(24-36)51(62)55(50(38)61)29-7-15-33(16-8-29)66-34-17-9-30(10-18-34)56-52(63)43-25-41-42(26-44(43)53(56)64)49(60)54(2)48(41)59/h3-26,45H,1-2H3. The fraction of sp³-hybridized carbons (Fsp3) is 0.0566. The zero-order chi connectivity index (χ0) is 46.4. The van der Waals surface area contributed by atoms with Gasteiger partial charge in [-0.1, -0.05) is 29.8 Å². The van der Waals surface area contributed by atoms with Gasteiger partial charge in [-0.3, -0.25) is 42.9 Å².